The van der Waals surface area contributed by atoms with E-state index in [9.17, 15) is 0 Å². The van der Waals surface area contributed by atoms with Crippen LogP contribution in [0.15, 0.2) is 6.33 Å². The fraction of sp³-hybridized carbons (Fsp3) is 0.818. The van der Waals surface area contributed by atoms with E-state index in [1.807, 2.05) is 0 Å². The van der Waals surface area contributed by atoms with Crippen LogP contribution in [0.2, 0.25) is 0 Å². The Morgan fingerprint density at radius 3 is 3.19 bits per heavy atom. The lowest BCUT2D eigenvalue weighted by molar-refractivity contribution is 0.178. The Balaban J connectivity index is 1.78. The monoisotopic (exact) mass is 223 g/mol. The van der Waals surface area contributed by atoms with Crippen molar-refractivity contribution in [3.8, 4) is 0 Å². The molecule has 0 amide bonds. The molecule has 0 aromatic carbocycles. The van der Waals surface area contributed by atoms with Gasteiger partial charge in [0.2, 0.25) is 0 Å². The van der Waals surface area contributed by atoms with Crippen molar-refractivity contribution in [1.29, 1.82) is 0 Å². The van der Waals surface area contributed by atoms with Gasteiger partial charge in [0, 0.05) is 12.6 Å². The van der Waals surface area contributed by atoms with Crippen molar-refractivity contribution >= 4 is 0 Å². The molecule has 2 atom stereocenters. The maximum Gasteiger partial charge on any atom is 0.141 e. The zero-order valence-corrected chi connectivity index (χ0v) is 10.1. The van der Waals surface area contributed by atoms with E-state index in [4.69, 9.17) is 0 Å². The SMILES string of the molecule is CC(NCC1CCCCN1C)c1ncn[nH]1. The average Bonchev–Trinajstić information content (AvgIpc) is 2.81. The molecule has 5 nitrogen and oxygen atoms in total. The molecule has 16 heavy (non-hydrogen) atoms. The number of rotatable bonds is 4. The number of likely N-dealkylation sites (N-methyl/N-ethyl adjacent to an activating group) is 1. The van der Waals surface area contributed by atoms with E-state index in [0.717, 1.165) is 12.4 Å². The summed E-state index contributed by atoms with van der Waals surface area (Å²) < 4.78 is 0. The summed E-state index contributed by atoms with van der Waals surface area (Å²) in [7, 11) is 2.21. The van der Waals surface area contributed by atoms with Crippen LogP contribution in [-0.4, -0.2) is 46.3 Å². The third-order valence-electron chi connectivity index (χ3n) is 3.42. The third kappa shape index (κ3) is 2.80. The maximum absolute atomic E-state index is 4.16. The van der Waals surface area contributed by atoms with Gasteiger partial charge in [0.15, 0.2) is 0 Å². The first-order valence-electron chi connectivity index (χ1n) is 6.06. The Hall–Kier alpha value is -0.940. The molecular formula is C11H21N5. The van der Waals surface area contributed by atoms with Crippen LogP contribution in [0.25, 0.3) is 0 Å². The summed E-state index contributed by atoms with van der Waals surface area (Å²) in [6.45, 7) is 4.37. The van der Waals surface area contributed by atoms with Crippen LogP contribution in [0.3, 0.4) is 0 Å². The molecule has 2 heterocycles. The van der Waals surface area contributed by atoms with Gasteiger partial charge in [-0.05, 0) is 33.4 Å². The molecule has 0 saturated carbocycles. The highest BCUT2D eigenvalue weighted by Crippen LogP contribution is 2.15. The first-order valence-corrected chi connectivity index (χ1v) is 6.06. The molecule has 1 fully saturated rings. The molecule has 0 bridgehead atoms. The molecular weight excluding hydrogens is 202 g/mol. The minimum Gasteiger partial charge on any atom is -0.306 e. The van der Waals surface area contributed by atoms with E-state index >= 15 is 0 Å². The molecule has 5 heteroatoms. The second kappa shape index (κ2) is 5.41. The molecule has 1 aromatic rings. The molecule has 0 radical (unpaired) electrons. The largest absolute Gasteiger partial charge is 0.306 e. The molecule has 0 aliphatic carbocycles. The molecule has 0 spiro atoms. The summed E-state index contributed by atoms with van der Waals surface area (Å²) in [4.78, 5) is 6.60. The molecule has 1 aliphatic rings. The van der Waals surface area contributed by atoms with E-state index in [0.29, 0.717) is 6.04 Å². The number of likely N-dealkylation sites (tertiary alicyclic amines) is 1. The van der Waals surface area contributed by atoms with Gasteiger partial charge in [-0.15, -0.1) is 0 Å². The fourth-order valence-electron chi connectivity index (χ4n) is 2.24. The van der Waals surface area contributed by atoms with E-state index in [-0.39, 0.29) is 6.04 Å². The van der Waals surface area contributed by atoms with Crippen molar-refractivity contribution in [2.45, 2.75) is 38.3 Å². The van der Waals surface area contributed by atoms with E-state index in [1.54, 1.807) is 6.33 Å². The number of aromatic amines is 1. The topological polar surface area (TPSA) is 56.8 Å². The average molecular weight is 223 g/mol. The van der Waals surface area contributed by atoms with Gasteiger partial charge in [0.1, 0.15) is 12.2 Å². The Kier molecular flexibility index (Phi) is 3.90. The van der Waals surface area contributed by atoms with Gasteiger partial charge in [0.05, 0.1) is 6.04 Å². The highest BCUT2D eigenvalue weighted by Gasteiger charge is 2.19. The zero-order valence-electron chi connectivity index (χ0n) is 10.1. The number of nitrogens with one attached hydrogen (secondary N) is 2. The Bertz CT molecular complexity index is 297. The highest BCUT2D eigenvalue weighted by molar-refractivity contribution is 4.89. The predicted molar refractivity (Wildman–Crippen MR) is 63.1 cm³/mol. The number of piperidine rings is 1. The van der Waals surface area contributed by atoms with Crippen LogP contribution in [-0.2, 0) is 0 Å². The van der Waals surface area contributed by atoms with Crippen molar-refractivity contribution in [2.24, 2.45) is 0 Å². The molecule has 2 unspecified atom stereocenters. The summed E-state index contributed by atoms with van der Waals surface area (Å²) in [6, 6.07) is 0.914. The summed E-state index contributed by atoms with van der Waals surface area (Å²) in [5.41, 5.74) is 0. The van der Waals surface area contributed by atoms with Crippen molar-refractivity contribution in [2.75, 3.05) is 20.1 Å². The number of aromatic nitrogens is 3. The molecule has 1 aromatic heterocycles. The van der Waals surface area contributed by atoms with Crippen molar-refractivity contribution in [3.05, 3.63) is 12.2 Å². The van der Waals surface area contributed by atoms with E-state index < -0.39 is 0 Å². The van der Waals surface area contributed by atoms with Gasteiger partial charge in [0.25, 0.3) is 0 Å². The van der Waals surface area contributed by atoms with Crippen LogP contribution in [0.4, 0.5) is 0 Å². The van der Waals surface area contributed by atoms with E-state index in [2.05, 4.69) is 39.4 Å². The number of hydrogen-bond acceptors (Lipinski definition) is 4. The molecule has 1 aliphatic heterocycles. The van der Waals surface area contributed by atoms with Crippen LogP contribution in [0.1, 0.15) is 38.1 Å². The van der Waals surface area contributed by atoms with E-state index in [1.165, 1.54) is 25.8 Å². The van der Waals surface area contributed by atoms with Crippen LogP contribution in [0, 0.1) is 0 Å². The minimum atomic E-state index is 0.248. The summed E-state index contributed by atoms with van der Waals surface area (Å²) in [5, 5.41) is 10.3. The van der Waals surface area contributed by atoms with Gasteiger partial charge in [-0.2, -0.15) is 5.10 Å². The van der Waals surface area contributed by atoms with Gasteiger partial charge in [-0.25, -0.2) is 4.98 Å². The fourth-order valence-corrected chi connectivity index (χ4v) is 2.24. The number of hydrogen-bond donors (Lipinski definition) is 2. The summed E-state index contributed by atoms with van der Waals surface area (Å²) >= 11 is 0. The molecule has 1 saturated heterocycles. The summed E-state index contributed by atoms with van der Waals surface area (Å²) in [6.07, 6.45) is 5.55. The smallest absolute Gasteiger partial charge is 0.141 e. The highest BCUT2D eigenvalue weighted by atomic mass is 15.2. The third-order valence-corrected chi connectivity index (χ3v) is 3.42. The second-order valence-corrected chi connectivity index (χ2v) is 4.63. The minimum absolute atomic E-state index is 0.248. The lowest BCUT2D eigenvalue weighted by Crippen LogP contribution is -2.43. The maximum atomic E-state index is 4.16. The Labute approximate surface area is 96.6 Å². The first-order chi connectivity index (χ1) is 7.77. The normalized spacial score (nSPS) is 24.5. The molecule has 2 N–H and O–H groups in total. The van der Waals surface area contributed by atoms with Crippen molar-refractivity contribution < 1.29 is 0 Å². The van der Waals surface area contributed by atoms with Crippen molar-refractivity contribution in [1.82, 2.24) is 25.4 Å². The Morgan fingerprint density at radius 1 is 1.62 bits per heavy atom. The van der Waals surface area contributed by atoms with Crippen molar-refractivity contribution in [3.63, 3.8) is 0 Å². The van der Waals surface area contributed by atoms with Crippen LogP contribution in [0.5, 0.6) is 0 Å². The zero-order chi connectivity index (χ0) is 11.4. The van der Waals surface area contributed by atoms with Gasteiger partial charge < -0.3 is 10.2 Å². The Morgan fingerprint density at radius 2 is 2.50 bits per heavy atom. The predicted octanol–water partition coefficient (Wildman–Crippen LogP) is 0.940. The van der Waals surface area contributed by atoms with Gasteiger partial charge >= 0.3 is 0 Å². The number of H-pyrrole nitrogens is 1. The summed E-state index contributed by atoms with van der Waals surface area (Å²) in [5.74, 6) is 0.915. The quantitative estimate of drug-likeness (QED) is 0.797. The van der Waals surface area contributed by atoms with Crippen LogP contribution < -0.4 is 5.32 Å². The lowest BCUT2D eigenvalue weighted by Gasteiger charge is -2.33. The van der Waals surface area contributed by atoms with Gasteiger partial charge in [-0.1, -0.05) is 6.42 Å². The molecule has 90 valence electrons. The van der Waals surface area contributed by atoms with Crippen LogP contribution >= 0.6 is 0 Å². The standard InChI is InChI=1S/C11H21N5/c1-9(11-13-8-14-15-11)12-7-10-5-3-4-6-16(10)2/h8-10,12H,3-7H2,1-2H3,(H,13,14,15). The van der Waals surface area contributed by atoms with Gasteiger partial charge in [-0.3, -0.25) is 5.10 Å². The lowest BCUT2D eigenvalue weighted by atomic mass is 10.0. The first kappa shape index (κ1) is 11.5. The second-order valence-electron chi connectivity index (χ2n) is 4.63. The molecule has 2 rings (SSSR count). The number of nitrogens with zero attached hydrogens (tertiary/aromatic N) is 3.